The monoisotopic (exact) mass is 166 g/mol. The van der Waals surface area contributed by atoms with Gasteiger partial charge >= 0.3 is 0 Å². The molecule has 12 heavy (non-hydrogen) atoms. The minimum absolute atomic E-state index is 0.847. The van der Waals surface area contributed by atoms with Crippen LogP contribution in [0, 0.1) is 5.41 Å². The normalized spacial score (nSPS) is 23.3. The molecule has 0 aromatic carbocycles. The Bertz CT molecular complexity index is 204. The van der Waals surface area contributed by atoms with E-state index in [0.29, 0.717) is 0 Å². The van der Waals surface area contributed by atoms with E-state index < -0.39 is 0 Å². The molecule has 1 saturated carbocycles. The number of rotatable bonds is 1. The van der Waals surface area contributed by atoms with E-state index in [0.717, 1.165) is 18.6 Å². The molecule has 0 amide bonds. The van der Waals surface area contributed by atoms with Crippen molar-refractivity contribution < 1.29 is 0 Å². The molecule has 0 saturated heterocycles. The summed E-state index contributed by atoms with van der Waals surface area (Å²) in [5.74, 6) is 0. The lowest BCUT2D eigenvalue weighted by Gasteiger charge is -2.09. The first-order chi connectivity index (χ1) is 5.75. The van der Waals surface area contributed by atoms with E-state index in [1.807, 2.05) is 7.05 Å². The molecule has 0 radical (unpaired) electrons. The number of allylic oxidation sites excluding steroid dienone is 2. The maximum Gasteiger partial charge on any atom is 0.0362 e. The highest BCUT2D eigenvalue weighted by atomic mass is 14.8. The van der Waals surface area contributed by atoms with E-state index in [2.05, 4.69) is 12.2 Å². The topological polar surface area (TPSA) is 35.9 Å². The molecule has 1 fully saturated rings. The predicted molar refractivity (Wildman–Crippen MR) is 52.6 cm³/mol. The summed E-state index contributed by atoms with van der Waals surface area (Å²) in [6.45, 7) is 2.06. The zero-order valence-corrected chi connectivity index (χ0v) is 8.04. The van der Waals surface area contributed by atoms with Crippen molar-refractivity contribution >= 4 is 5.71 Å². The molecular weight excluding hydrogens is 148 g/mol. The van der Waals surface area contributed by atoms with Gasteiger partial charge in [-0.15, -0.1) is 0 Å². The fourth-order valence-corrected chi connectivity index (χ4v) is 1.65. The largest absolute Gasteiger partial charge is 0.391 e. The Kier molecular flexibility index (Phi) is 3.32. The summed E-state index contributed by atoms with van der Waals surface area (Å²) >= 11 is 0. The van der Waals surface area contributed by atoms with Crippen molar-refractivity contribution in [3.8, 4) is 0 Å². The Balaban J connectivity index is 2.78. The number of hydrogen-bond donors (Lipinski definition) is 2. The minimum atomic E-state index is 0.847. The van der Waals surface area contributed by atoms with Crippen molar-refractivity contribution in [1.29, 1.82) is 5.41 Å². The van der Waals surface area contributed by atoms with Crippen molar-refractivity contribution in [3.63, 3.8) is 0 Å². The first-order valence-electron chi connectivity index (χ1n) is 4.71. The van der Waals surface area contributed by atoms with E-state index in [-0.39, 0.29) is 0 Å². The van der Waals surface area contributed by atoms with Gasteiger partial charge in [-0.3, -0.25) is 0 Å². The van der Waals surface area contributed by atoms with Gasteiger partial charge in [0.25, 0.3) is 0 Å². The minimum Gasteiger partial charge on any atom is -0.391 e. The van der Waals surface area contributed by atoms with E-state index in [4.69, 9.17) is 5.41 Å². The SMILES string of the molecule is CN/C(C)=C1/CCCCCC1=N. The Labute approximate surface area is 74.6 Å². The quantitative estimate of drug-likeness (QED) is 0.577. The zero-order chi connectivity index (χ0) is 8.97. The molecule has 1 aliphatic carbocycles. The van der Waals surface area contributed by atoms with E-state index in [1.54, 1.807) is 0 Å². The molecule has 0 spiro atoms. The van der Waals surface area contributed by atoms with Gasteiger partial charge < -0.3 is 10.7 Å². The van der Waals surface area contributed by atoms with Crippen LogP contribution in [0.5, 0.6) is 0 Å². The summed E-state index contributed by atoms with van der Waals surface area (Å²) in [5, 5.41) is 11.0. The van der Waals surface area contributed by atoms with Crippen LogP contribution in [0.4, 0.5) is 0 Å². The molecular formula is C10H18N2. The van der Waals surface area contributed by atoms with Gasteiger partial charge in [-0.1, -0.05) is 6.42 Å². The molecule has 0 heterocycles. The summed E-state index contributed by atoms with van der Waals surface area (Å²) in [6, 6.07) is 0. The second-order valence-electron chi connectivity index (χ2n) is 3.39. The molecule has 1 aliphatic rings. The maximum atomic E-state index is 7.82. The Morgan fingerprint density at radius 1 is 1.25 bits per heavy atom. The third kappa shape index (κ3) is 2.10. The number of nitrogens with one attached hydrogen (secondary N) is 2. The lowest BCUT2D eigenvalue weighted by atomic mass is 10.0. The van der Waals surface area contributed by atoms with Gasteiger partial charge in [0.15, 0.2) is 0 Å². The van der Waals surface area contributed by atoms with Gasteiger partial charge in [-0.05, 0) is 38.2 Å². The first-order valence-corrected chi connectivity index (χ1v) is 4.71. The molecule has 1 rings (SSSR count). The smallest absolute Gasteiger partial charge is 0.0362 e. The van der Waals surface area contributed by atoms with E-state index in [1.165, 1.54) is 30.5 Å². The lowest BCUT2D eigenvalue weighted by molar-refractivity contribution is 0.721. The highest BCUT2D eigenvalue weighted by Crippen LogP contribution is 2.21. The van der Waals surface area contributed by atoms with Crippen molar-refractivity contribution in [2.75, 3.05) is 7.05 Å². The Hall–Kier alpha value is -0.790. The molecule has 2 nitrogen and oxygen atoms in total. The van der Waals surface area contributed by atoms with Gasteiger partial charge in [0.05, 0.1) is 0 Å². The molecule has 68 valence electrons. The van der Waals surface area contributed by atoms with Crippen LogP contribution in [0.2, 0.25) is 0 Å². The average molecular weight is 166 g/mol. The van der Waals surface area contributed by atoms with Crippen molar-refractivity contribution in [2.24, 2.45) is 0 Å². The van der Waals surface area contributed by atoms with Gasteiger partial charge in [0.2, 0.25) is 0 Å². The lowest BCUT2D eigenvalue weighted by Crippen LogP contribution is -2.10. The molecule has 0 bridgehead atoms. The third-order valence-corrected chi connectivity index (χ3v) is 2.55. The zero-order valence-electron chi connectivity index (χ0n) is 8.04. The third-order valence-electron chi connectivity index (χ3n) is 2.55. The molecule has 0 aromatic heterocycles. The van der Waals surface area contributed by atoms with Gasteiger partial charge in [-0.2, -0.15) is 0 Å². The highest BCUT2D eigenvalue weighted by Gasteiger charge is 2.11. The second-order valence-corrected chi connectivity index (χ2v) is 3.39. The maximum absolute atomic E-state index is 7.82. The summed E-state index contributed by atoms with van der Waals surface area (Å²) in [7, 11) is 1.93. The fraction of sp³-hybridized carbons (Fsp3) is 0.700. The standard InChI is InChI=1S/C10H18N2/c1-8(12-2)9-6-4-3-5-7-10(9)11/h11-12H,3-7H2,1-2H3/b9-8-,11-10?. The van der Waals surface area contributed by atoms with Crippen LogP contribution in [0.3, 0.4) is 0 Å². The van der Waals surface area contributed by atoms with E-state index in [9.17, 15) is 0 Å². The first kappa shape index (κ1) is 9.30. The van der Waals surface area contributed by atoms with Crippen LogP contribution in [-0.4, -0.2) is 12.8 Å². The summed E-state index contributed by atoms with van der Waals surface area (Å²) in [5.41, 5.74) is 3.27. The van der Waals surface area contributed by atoms with Crippen LogP contribution in [0.25, 0.3) is 0 Å². The molecule has 2 heteroatoms. The van der Waals surface area contributed by atoms with E-state index >= 15 is 0 Å². The van der Waals surface area contributed by atoms with Gasteiger partial charge in [0.1, 0.15) is 0 Å². The summed E-state index contributed by atoms with van der Waals surface area (Å²) < 4.78 is 0. The van der Waals surface area contributed by atoms with Crippen LogP contribution >= 0.6 is 0 Å². The van der Waals surface area contributed by atoms with Crippen molar-refractivity contribution in [1.82, 2.24) is 5.32 Å². The molecule has 0 aliphatic heterocycles. The van der Waals surface area contributed by atoms with Gasteiger partial charge in [-0.25, -0.2) is 0 Å². The van der Waals surface area contributed by atoms with Gasteiger partial charge in [0, 0.05) is 18.5 Å². The Morgan fingerprint density at radius 2 is 1.92 bits per heavy atom. The summed E-state index contributed by atoms with van der Waals surface area (Å²) in [6.07, 6.45) is 5.78. The molecule has 2 N–H and O–H groups in total. The highest BCUT2D eigenvalue weighted by molar-refractivity contribution is 5.98. The fourth-order valence-electron chi connectivity index (χ4n) is 1.65. The molecule has 0 atom stereocenters. The molecule has 0 unspecified atom stereocenters. The molecule has 0 aromatic rings. The van der Waals surface area contributed by atoms with Crippen molar-refractivity contribution in [3.05, 3.63) is 11.3 Å². The summed E-state index contributed by atoms with van der Waals surface area (Å²) in [4.78, 5) is 0. The predicted octanol–water partition coefficient (Wildman–Crippen LogP) is 2.46. The Morgan fingerprint density at radius 3 is 2.58 bits per heavy atom. The van der Waals surface area contributed by atoms with Crippen LogP contribution < -0.4 is 5.32 Å². The van der Waals surface area contributed by atoms with Crippen LogP contribution in [0.15, 0.2) is 11.3 Å². The number of hydrogen-bond acceptors (Lipinski definition) is 2. The van der Waals surface area contributed by atoms with Crippen LogP contribution in [-0.2, 0) is 0 Å². The van der Waals surface area contributed by atoms with Crippen molar-refractivity contribution in [2.45, 2.75) is 39.0 Å². The second kappa shape index (κ2) is 4.29. The average Bonchev–Trinajstić information content (AvgIpc) is 2.28. The van der Waals surface area contributed by atoms with Crippen LogP contribution in [0.1, 0.15) is 39.0 Å².